The molecule has 0 bridgehead atoms. The van der Waals surface area contributed by atoms with E-state index in [0.717, 1.165) is 5.69 Å². The van der Waals surface area contributed by atoms with Gasteiger partial charge in [-0.25, -0.2) is 9.59 Å². The lowest BCUT2D eigenvalue weighted by Gasteiger charge is -2.10. The summed E-state index contributed by atoms with van der Waals surface area (Å²) in [7, 11) is 0. The highest BCUT2D eigenvalue weighted by atomic mass is 16.5. The van der Waals surface area contributed by atoms with Crippen LogP contribution in [-0.2, 0) is 11.3 Å². The molecule has 0 amide bonds. The average molecular weight is 272 g/mol. The number of ether oxygens (including phenoxy) is 1. The molecule has 0 aliphatic carbocycles. The molecule has 0 N–H and O–H groups in total. The molecule has 20 heavy (non-hydrogen) atoms. The van der Waals surface area contributed by atoms with Gasteiger partial charge in [-0.15, -0.1) is 0 Å². The van der Waals surface area contributed by atoms with E-state index in [1.54, 1.807) is 31.2 Å². The van der Waals surface area contributed by atoms with Crippen LogP contribution in [0.5, 0.6) is 0 Å². The normalized spacial score (nSPS) is 10.3. The first-order chi connectivity index (χ1) is 9.58. The molecule has 0 saturated heterocycles. The molecule has 0 unspecified atom stereocenters. The van der Waals surface area contributed by atoms with Crippen molar-refractivity contribution in [2.45, 2.75) is 20.4 Å². The van der Waals surface area contributed by atoms with Gasteiger partial charge in [-0.1, -0.05) is 18.2 Å². The predicted molar refractivity (Wildman–Crippen MR) is 74.7 cm³/mol. The largest absolute Gasteiger partial charge is 0.460 e. The first kappa shape index (κ1) is 14.0. The number of carbonyl (C=O) groups is 1. The molecular formula is C15H16N2O3. The molecule has 104 valence electrons. The molecule has 0 spiro atoms. The standard InChI is InChI=1S/C15H16N2O3/c1-11-10-12(2)17(15(19)16-11)8-9-20-14(18)13-6-4-3-5-7-13/h3-7,10H,8-9H2,1-2H3. The number of carbonyl (C=O) groups excluding carboxylic acids is 1. The van der Waals surface area contributed by atoms with Gasteiger partial charge in [0, 0.05) is 11.4 Å². The van der Waals surface area contributed by atoms with E-state index >= 15 is 0 Å². The van der Waals surface area contributed by atoms with Crippen molar-refractivity contribution < 1.29 is 9.53 Å². The van der Waals surface area contributed by atoms with E-state index in [2.05, 4.69) is 4.98 Å². The van der Waals surface area contributed by atoms with Crippen molar-refractivity contribution in [3.05, 3.63) is 63.8 Å². The Morgan fingerprint density at radius 3 is 2.60 bits per heavy atom. The zero-order valence-corrected chi connectivity index (χ0v) is 11.5. The fraction of sp³-hybridized carbons (Fsp3) is 0.267. The molecule has 1 heterocycles. The summed E-state index contributed by atoms with van der Waals surface area (Å²) in [6, 6.07) is 10.6. The van der Waals surface area contributed by atoms with Gasteiger partial charge in [0.1, 0.15) is 6.61 Å². The van der Waals surface area contributed by atoms with Crippen molar-refractivity contribution in [1.29, 1.82) is 0 Å². The fourth-order valence-electron chi connectivity index (χ4n) is 1.93. The lowest BCUT2D eigenvalue weighted by Crippen LogP contribution is -2.27. The lowest BCUT2D eigenvalue weighted by molar-refractivity contribution is 0.0489. The smallest absolute Gasteiger partial charge is 0.348 e. The maximum Gasteiger partial charge on any atom is 0.348 e. The Morgan fingerprint density at radius 1 is 1.25 bits per heavy atom. The van der Waals surface area contributed by atoms with Crippen molar-refractivity contribution in [3.8, 4) is 0 Å². The summed E-state index contributed by atoms with van der Waals surface area (Å²) in [5.74, 6) is -0.392. The summed E-state index contributed by atoms with van der Waals surface area (Å²) in [6.07, 6.45) is 0. The third-order valence-electron chi connectivity index (χ3n) is 2.90. The Morgan fingerprint density at radius 2 is 1.95 bits per heavy atom. The molecule has 5 heteroatoms. The molecule has 0 aliphatic heterocycles. The Balaban J connectivity index is 1.97. The van der Waals surface area contributed by atoms with E-state index in [-0.39, 0.29) is 12.3 Å². The topological polar surface area (TPSA) is 61.2 Å². The number of esters is 1. The molecule has 0 aliphatic rings. The summed E-state index contributed by atoms with van der Waals surface area (Å²) in [5, 5.41) is 0. The molecule has 1 aromatic heterocycles. The zero-order valence-electron chi connectivity index (χ0n) is 11.5. The van der Waals surface area contributed by atoms with Crippen LogP contribution in [0.2, 0.25) is 0 Å². The second kappa shape index (κ2) is 6.14. The summed E-state index contributed by atoms with van der Waals surface area (Å²) >= 11 is 0. The van der Waals surface area contributed by atoms with Crippen LogP contribution >= 0.6 is 0 Å². The third-order valence-corrected chi connectivity index (χ3v) is 2.90. The first-order valence-corrected chi connectivity index (χ1v) is 6.35. The van der Waals surface area contributed by atoms with Crippen molar-refractivity contribution in [2.75, 3.05) is 6.61 Å². The van der Waals surface area contributed by atoms with Crippen LogP contribution in [0, 0.1) is 13.8 Å². The Labute approximate surface area is 116 Å². The Bertz CT molecular complexity index is 663. The number of benzene rings is 1. The third kappa shape index (κ3) is 3.32. The van der Waals surface area contributed by atoms with Crippen LogP contribution in [0.3, 0.4) is 0 Å². The van der Waals surface area contributed by atoms with Gasteiger partial charge in [0.2, 0.25) is 0 Å². The number of hydrogen-bond acceptors (Lipinski definition) is 4. The fourth-order valence-corrected chi connectivity index (χ4v) is 1.93. The molecule has 0 atom stereocenters. The van der Waals surface area contributed by atoms with Gasteiger partial charge in [0.15, 0.2) is 0 Å². The second-order valence-corrected chi connectivity index (χ2v) is 4.48. The van der Waals surface area contributed by atoms with E-state index in [1.165, 1.54) is 4.57 Å². The van der Waals surface area contributed by atoms with Crippen LogP contribution in [0.15, 0.2) is 41.2 Å². The average Bonchev–Trinajstić information content (AvgIpc) is 2.42. The van der Waals surface area contributed by atoms with Gasteiger partial charge < -0.3 is 4.74 Å². The molecule has 5 nitrogen and oxygen atoms in total. The van der Waals surface area contributed by atoms with Crippen LogP contribution in [0.1, 0.15) is 21.7 Å². The summed E-state index contributed by atoms with van der Waals surface area (Å²) in [6.45, 7) is 4.04. The Hall–Kier alpha value is -2.43. The van der Waals surface area contributed by atoms with Crippen molar-refractivity contribution in [1.82, 2.24) is 9.55 Å². The summed E-state index contributed by atoms with van der Waals surface area (Å²) in [4.78, 5) is 27.3. The molecule has 1 aromatic carbocycles. The molecule has 2 rings (SSSR count). The zero-order chi connectivity index (χ0) is 14.5. The quantitative estimate of drug-likeness (QED) is 0.795. The minimum absolute atomic E-state index is 0.138. The van der Waals surface area contributed by atoms with E-state index in [1.807, 2.05) is 19.1 Å². The number of hydrogen-bond donors (Lipinski definition) is 0. The highest BCUT2D eigenvalue weighted by Crippen LogP contribution is 2.02. The highest BCUT2D eigenvalue weighted by molar-refractivity contribution is 5.89. The van der Waals surface area contributed by atoms with E-state index < -0.39 is 5.97 Å². The summed E-state index contributed by atoms with van der Waals surface area (Å²) in [5.41, 5.74) is 1.67. The SMILES string of the molecule is Cc1cc(C)n(CCOC(=O)c2ccccc2)c(=O)n1. The second-order valence-electron chi connectivity index (χ2n) is 4.48. The van der Waals surface area contributed by atoms with Crippen LogP contribution in [-0.4, -0.2) is 22.1 Å². The van der Waals surface area contributed by atoms with Crippen molar-refractivity contribution in [2.24, 2.45) is 0 Å². The molecular weight excluding hydrogens is 256 g/mol. The Kier molecular flexibility index (Phi) is 4.30. The summed E-state index contributed by atoms with van der Waals surface area (Å²) < 4.78 is 6.64. The van der Waals surface area contributed by atoms with Gasteiger partial charge >= 0.3 is 11.7 Å². The molecule has 2 aromatic rings. The molecule has 0 fully saturated rings. The number of rotatable bonds is 4. The van der Waals surface area contributed by atoms with Gasteiger partial charge in [0.05, 0.1) is 12.1 Å². The van der Waals surface area contributed by atoms with E-state index in [0.29, 0.717) is 17.8 Å². The minimum Gasteiger partial charge on any atom is -0.460 e. The van der Waals surface area contributed by atoms with Crippen LogP contribution < -0.4 is 5.69 Å². The van der Waals surface area contributed by atoms with Crippen molar-refractivity contribution >= 4 is 5.97 Å². The highest BCUT2D eigenvalue weighted by Gasteiger charge is 2.07. The maximum absolute atomic E-state index is 11.7. The maximum atomic E-state index is 11.7. The van der Waals surface area contributed by atoms with Gasteiger partial charge in [-0.2, -0.15) is 4.98 Å². The number of aryl methyl sites for hydroxylation is 2. The predicted octanol–water partition coefficient (Wildman–Crippen LogP) is 1.72. The lowest BCUT2D eigenvalue weighted by atomic mass is 10.2. The molecule has 0 radical (unpaired) electrons. The van der Waals surface area contributed by atoms with E-state index in [4.69, 9.17) is 4.74 Å². The number of aromatic nitrogens is 2. The van der Waals surface area contributed by atoms with Gasteiger partial charge in [-0.3, -0.25) is 4.57 Å². The van der Waals surface area contributed by atoms with Gasteiger partial charge in [0.25, 0.3) is 0 Å². The minimum atomic E-state index is -0.392. The van der Waals surface area contributed by atoms with Crippen LogP contribution in [0.25, 0.3) is 0 Å². The monoisotopic (exact) mass is 272 g/mol. The first-order valence-electron chi connectivity index (χ1n) is 6.35. The van der Waals surface area contributed by atoms with Crippen LogP contribution in [0.4, 0.5) is 0 Å². The number of nitrogens with zero attached hydrogens (tertiary/aromatic N) is 2. The van der Waals surface area contributed by atoms with E-state index in [9.17, 15) is 9.59 Å². The van der Waals surface area contributed by atoms with Crippen molar-refractivity contribution in [3.63, 3.8) is 0 Å². The van der Waals surface area contributed by atoms with Gasteiger partial charge in [-0.05, 0) is 32.0 Å². The molecule has 0 saturated carbocycles.